The second kappa shape index (κ2) is 62.5. The number of nitrogens with zero attached hydrogens (tertiary/aromatic N) is 1. The van der Waals surface area contributed by atoms with Crippen LogP contribution >= 0.6 is 0 Å². The molecule has 1 aliphatic heterocycles. The molecule has 0 unspecified atom stereocenters. The topological polar surface area (TPSA) is 170 Å². The maximum Gasteiger partial charge on any atom is 0.351 e. The van der Waals surface area contributed by atoms with Crippen LogP contribution in [0.3, 0.4) is 0 Å². The summed E-state index contributed by atoms with van der Waals surface area (Å²) < 4.78 is 36.2. The third-order valence-electron chi connectivity index (χ3n) is 12.2. The molecule has 1 saturated heterocycles. The Morgan fingerprint density at radius 2 is 0.819 bits per heavy atom. The first-order valence-corrected chi connectivity index (χ1v) is 28.8. The van der Waals surface area contributed by atoms with Gasteiger partial charge in [-0.3, -0.25) is 9.59 Å². The number of hydrogen-bond acceptors (Lipinski definition) is 14. The highest BCUT2D eigenvalue weighted by atomic mass is 16.6. The van der Waals surface area contributed by atoms with Gasteiger partial charge in [-0.05, 0) is 122 Å². The van der Waals surface area contributed by atoms with E-state index in [0.717, 1.165) is 123 Å². The Morgan fingerprint density at radius 3 is 1.29 bits per heavy atom. The summed E-state index contributed by atoms with van der Waals surface area (Å²) in [6, 6.07) is 0. The number of ether oxygens (including phenoxy) is 7. The molecule has 0 aromatic carbocycles. The molecule has 0 aromatic rings. The smallest absolute Gasteiger partial charge is 0.351 e. The van der Waals surface area contributed by atoms with Crippen molar-refractivity contribution < 1.29 is 61.9 Å². The number of unbranched alkanes of at least 4 members (excludes halogenated alkanes) is 22. The zero-order chi connectivity index (χ0) is 53.7. The van der Waals surface area contributed by atoms with Crippen LogP contribution in [-0.4, -0.2) is 134 Å². The highest BCUT2D eigenvalue weighted by Crippen LogP contribution is 2.23. The molecule has 0 saturated carbocycles. The number of hydrogen-bond donors (Lipinski definition) is 0. The van der Waals surface area contributed by atoms with Crippen molar-refractivity contribution in [3.63, 3.8) is 0 Å². The van der Waals surface area contributed by atoms with Crippen LogP contribution in [0, 0.1) is 0 Å². The Kier molecular flexibility index (Phi) is 63.8. The van der Waals surface area contributed by atoms with Crippen molar-refractivity contribution in [1.29, 1.82) is 0 Å². The summed E-state index contributed by atoms with van der Waals surface area (Å²) in [6.45, 7) is 14.8. The summed E-state index contributed by atoms with van der Waals surface area (Å²) in [5.41, 5.74) is -1.91. The van der Waals surface area contributed by atoms with Gasteiger partial charge in [0.05, 0.1) is 26.1 Å². The van der Waals surface area contributed by atoms with E-state index in [-0.39, 0.29) is 19.0 Å². The van der Waals surface area contributed by atoms with Crippen LogP contribution in [0.1, 0.15) is 245 Å². The van der Waals surface area contributed by atoms with Gasteiger partial charge in [-0.25, -0.2) is 4.79 Å². The molecule has 1 aliphatic rings. The molecule has 1 heterocycles. The van der Waals surface area contributed by atoms with E-state index in [4.69, 9.17) is 33.2 Å². The average molecular weight is 1030 g/mol. The maximum atomic E-state index is 12.8. The van der Waals surface area contributed by atoms with Crippen molar-refractivity contribution in [3.8, 4) is 0 Å². The molecule has 0 aliphatic carbocycles. The summed E-state index contributed by atoms with van der Waals surface area (Å²) in [5.74, 6) is -1.68. The van der Waals surface area contributed by atoms with Crippen LogP contribution in [0.15, 0.2) is 0 Å². The molecule has 0 radical (unpaired) electrons. The average Bonchev–Trinajstić information content (AvgIpc) is 3.90. The summed E-state index contributed by atoms with van der Waals surface area (Å²) in [5, 5.41) is 0. The lowest BCUT2D eigenvalue weighted by molar-refractivity contribution is -0.184. The quantitative estimate of drug-likeness (QED) is 0.0244. The van der Waals surface area contributed by atoms with E-state index in [9.17, 15) is 28.8 Å². The third kappa shape index (κ3) is 55.0. The highest BCUT2D eigenvalue weighted by Gasteiger charge is 2.43. The van der Waals surface area contributed by atoms with Crippen LogP contribution in [0.25, 0.3) is 0 Å². The highest BCUT2D eigenvalue weighted by molar-refractivity contribution is 5.88. The predicted octanol–water partition coefficient (Wildman–Crippen LogP) is 12.9. The SMILES string of the molecule is CCCCCCCC(=O)OCCCCCOC(=O)C(CC=O)(CC=O)OC(=O)CCCCCN1CCCC1.CCCCCCCC=O.CCCCCCCCOCCCCCOC.COCCCCCOC. The Hall–Kier alpha value is -2.78. The fourth-order valence-corrected chi connectivity index (χ4v) is 7.72. The number of esters is 3. The van der Waals surface area contributed by atoms with E-state index < -0.39 is 30.4 Å². The van der Waals surface area contributed by atoms with Crippen LogP contribution < -0.4 is 0 Å². The number of rotatable bonds is 49. The molecule has 72 heavy (non-hydrogen) atoms. The second-order valence-corrected chi connectivity index (χ2v) is 19.0. The van der Waals surface area contributed by atoms with Crippen molar-refractivity contribution in [1.82, 2.24) is 4.90 Å². The van der Waals surface area contributed by atoms with Gasteiger partial charge in [0.15, 0.2) is 0 Å². The van der Waals surface area contributed by atoms with Crippen molar-refractivity contribution >= 4 is 36.8 Å². The number of carbonyl (C=O) groups is 6. The van der Waals surface area contributed by atoms with E-state index in [1.54, 1.807) is 21.3 Å². The van der Waals surface area contributed by atoms with Gasteiger partial charge in [0.2, 0.25) is 5.60 Å². The minimum Gasteiger partial charge on any atom is -0.466 e. The number of likely N-dealkylation sites (tertiary alicyclic amines) is 1. The monoisotopic (exact) mass is 1030 g/mol. The number of aldehydes is 3. The molecular formula is C58H111NO13. The van der Waals surface area contributed by atoms with Crippen molar-refractivity contribution in [2.75, 3.05) is 87.2 Å². The van der Waals surface area contributed by atoms with Gasteiger partial charge in [0.25, 0.3) is 0 Å². The van der Waals surface area contributed by atoms with Crippen LogP contribution in [0.5, 0.6) is 0 Å². The van der Waals surface area contributed by atoms with Gasteiger partial charge in [-0.2, -0.15) is 0 Å². The first-order chi connectivity index (χ1) is 35.2. The Labute approximate surface area is 440 Å². The standard InChI is InChI=1S/C29H49NO8.C14H30O2.C8H16O.C7H16O2/c1-2-3-4-5-8-15-26(33)36-24-13-7-14-25-37-28(35)29(17-22-31,18-23-32)38-27(34)16-9-6-10-19-30-20-11-12-21-30;1-3-4-5-6-7-10-13-16-14-11-8-9-12-15-2;1-2-3-4-5-6-7-8-9;1-8-6-4-3-5-7-9-2/h22-23H,2-21,24-25H2,1H3;3-14H2,1-2H3;8H,2-7H2,1H3;3-7H2,1-2H3. The molecule has 0 aromatic heterocycles. The van der Waals surface area contributed by atoms with E-state index >= 15 is 0 Å². The van der Waals surface area contributed by atoms with Gasteiger partial charge in [-0.15, -0.1) is 0 Å². The summed E-state index contributed by atoms with van der Waals surface area (Å²) in [4.78, 5) is 71.7. The molecule has 0 amide bonds. The largest absolute Gasteiger partial charge is 0.466 e. The molecule has 0 atom stereocenters. The summed E-state index contributed by atoms with van der Waals surface area (Å²) in [7, 11) is 5.22. The van der Waals surface area contributed by atoms with Crippen LogP contribution in [0.2, 0.25) is 0 Å². The zero-order valence-electron chi connectivity index (χ0n) is 47.3. The van der Waals surface area contributed by atoms with Gasteiger partial charge in [0.1, 0.15) is 18.9 Å². The molecule has 1 fully saturated rings. The Bertz CT molecular complexity index is 1140. The lowest BCUT2D eigenvalue weighted by Gasteiger charge is -2.28. The first-order valence-electron chi connectivity index (χ1n) is 28.8. The van der Waals surface area contributed by atoms with E-state index in [0.29, 0.717) is 51.3 Å². The molecule has 0 spiro atoms. The summed E-state index contributed by atoms with van der Waals surface area (Å²) >= 11 is 0. The molecule has 0 bridgehead atoms. The first kappa shape index (κ1) is 73.5. The van der Waals surface area contributed by atoms with Crippen LogP contribution in [-0.2, 0) is 61.9 Å². The zero-order valence-corrected chi connectivity index (χ0v) is 47.3. The third-order valence-corrected chi connectivity index (χ3v) is 12.2. The molecule has 14 heteroatoms. The fraction of sp³-hybridized carbons (Fsp3) is 0.897. The fourth-order valence-electron chi connectivity index (χ4n) is 7.72. The number of carbonyl (C=O) groups excluding carboxylic acids is 6. The van der Waals surface area contributed by atoms with E-state index in [1.165, 1.54) is 109 Å². The minimum atomic E-state index is -1.91. The Balaban J connectivity index is -0.00000113. The molecule has 426 valence electrons. The predicted molar refractivity (Wildman–Crippen MR) is 290 cm³/mol. The van der Waals surface area contributed by atoms with Crippen molar-refractivity contribution in [2.45, 2.75) is 251 Å². The van der Waals surface area contributed by atoms with Crippen molar-refractivity contribution in [3.05, 3.63) is 0 Å². The Morgan fingerprint density at radius 1 is 0.431 bits per heavy atom. The molecular weight excluding hydrogens is 919 g/mol. The maximum absolute atomic E-state index is 12.8. The minimum absolute atomic E-state index is 0.0533. The lowest BCUT2D eigenvalue weighted by Crippen LogP contribution is -2.45. The normalized spacial score (nSPS) is 12.1. The van der Waals surface area contributed by atoms with Gasteiger partial charge in [0, 0.05) is 73.6 Å². The van der Waals surface area contributed by atoms with Crippen molar-refractivity contribution in [2.24, 2.45) is 0 Å². The molecule has 0 N–H and O–H groups in total. The van der Waals surface area contributed by atoms with Gasteiger partial charge >= 0.3 is 17.9 Å². The number of methoxy groups -OCH3 is 3. The second-order valence-electron chi connectivity index (χ2n) is 19.0. The van der Waals surface area contributed by atoms with E-state index in [1.807, 2.05) is 0 Å². The summed E-state index contributed by atoms with van der Waals surface area (Å²) in [6.07, 6.45) is 35.9. The van der Waals surface area contributed by atoms with E-state index in [2.05, 4.69) is 25.7 Å². The van der Waals surface area contributed by atoms with Crippen LogP contribution in [0.4, 0.5) is 0 Å². The molecule has 14 nitrogen and oxygen atoms in total. The lowest BCUT2D eigenvalue weighted by atomic mass is 9.96. The van der Waals surface area contributed by atoms with Gasteiger partial charge in [-0.1, -0.05) is 111 Å². The van der Waals surface area contributed by atoms with Gasteiger partial charge < -0.3 is 52.4 Å². The molecule has 1 rings (SSSR count).